The predicted molar refractivity (Wildman–Crippen MR) is 83.4 cm³/mol. The first-order chi connectivity index (χ1) is 10.6. The van der Waals surface area contributed by atoms with Crippen LogP contribution in [0.25, 0.3) is 0 Å². The molecule has 0 amide bonds. The van der Waals surface area contributed by atoms with Crippen LogP contribution < -0.4 is 5.14 Å². The first kappa shape index (κ1) is 17.8. The van der Waals surface area contributed by atoms with Crippen molar-refractivity contribution in [3.8, 4) is 0 Å². The molecule has 9 heteroatoms. The maximum atomic E-state index is 14.7. The standard InChI is InChI=1S/C14H20FN3O4S/c1-17-8-6-14(15,7-9-17)5-4-11-2-3-12(23(16,21)22)10-13(11)18(19)20/h2-3,10H,4-9H2,1H3,(H2,16,21,22). The zero-order valence-corrected chi connectivity index (χ0v) is 13.7. The summed E-state index contributed by atoms with van der Waals surface area (Å²) in [6.07, 6.45) is 1.15. The van der Waals surface area contributed by atoms with Crippen LogP contribution in [0.2, 0.25) is 0 Å². The number of halogens is 1. The molecule has 0 radical (unpaired) electrons. The molecule has 1 aromatic rings. The Hall–Kier alpha value is -1.58. The van der Waals surface area contributed by atoms with Gasteiger partial charge in [0.25, 0.3) is 5.69 Å². The topological polar surface area (TPSA) is 107 Å². The van der Waals surface area contributed by atoms with Gasteiger partial charge in [0.15, 0.2) is 0 Å². The van der Waals surface area contributed by atoms with Gasteiger partial charge >= 0.3 is 0 Å². The summed E-state index contributed by atoms with van der Waals surface area (Å²) in [4.78, 5) is 12.2. The number of nitro groups is 1. The largest absolute Gasteiger partial charge is 0.306 e. The first-order valence-corrected chi connectivity index (χ1v) is 8.83. The molecular weight excluding hydrogens is 325 g/mol. The van der Waals surface area contributed by atoms with Crippen LogP contribution >= 0.6 is 0 Å². The Morgan fingerprint density at radius 1 is 1.39 bits per heavy atom. The number of benzene rings is 1. The van der Waals surface area contributed by atoms with Crippen LogP contribution in [0.4, 0.5) is 10.1 Å². The number of primary sulfonamides is 1. The van der Waals surface area contributed by atoms with E-state index in [9.17, 15) is 22.9 Å². The summed E-state index contributed by atoms with van der Waals surface area (Å²) in [5, 5.41) is 16.1. The number of nitrogens with zero attached hydrogens (tertiary/aromatic N) is 2. The maximum absolute atomic E-state index is 14.7. The number of hydrogen-bond acceptors (Lipinski definition) is 5. The summed E-state index contributed by atoms with van der Waals surface area (Å²) in [5.41, 5.74) is -1.36. The van der Waals surface area contributed by atoms with Crippen LogP contribution in [0.15, 0.2) is 23.1 Å². The van der Waals surface area contributed by atoms with E-state index in [4.69, 9.17) is 5.14 Å². The molecule has 2 N–H and O–H groups in total. The average molecular weight is 345 g/mol. The lowest BCUT2D eigenvalue weighted by Gasteiger charge is -2.34. The number of piperidine rings is 1. The molecule has 1 aliphatic rings. The van der Waals surface area contributed by atoms with Crippen molar-refractivity contribution in [2.45, 2.75) is 36.2 Å². The smallest absolute Gasteiger partial charge is 0.273 e. The highest BCUT2D eigenvalue weighted by Gasteiger charge is 2.33. The maximum Gasteiger partial charge on any atom is 0.273 e. The van der Waals surface area contributed by atoms with Gasteiger partial charge in [0.05, 0.1) is 9.82 Å². The lowest BCUT2D eigenvalue weighted by molar-refractivity contribution is -0.385. The van der Waals surface area contributed by atoms with Crippen molar-refractivity contribution in [3.63, 3.8) is 0 Å². The Morgan fingerprint density at radius 2 is 2.00 bits per heavy atom. The van der Waals surface area contributed by atoms with Crippen LogP contribution in [0.3, 0.4) is 0 Å². The summed E-state index contributed by atoms with van der Waals surface area (Å²) >= 11 is 0. The fourth-order valence-electron chi connectivity index (χ4n) is 2.73. The number of sulfonamides is 1. The zero-order chi connectivity index (χ0) is 17.3. The molecule has 2 rings (SSSR count). The van der Waals surface area contributed by atoms with Gasteiger partial charge in [0.1, 0.15) is 5.67 Å². The van der Waals surface area contributed by atoms with Crippen LogP contribution in [-0.2, 0) is 16.4 Å². The second kappa shape index (κ2) is 6.50. The number of hydrogen-bond donors (Lipinski definition) is 1. The van der Waals surface area contributed by atoms with Crippen molar-refractivity contribution in [2.24, 2.45) is 5.14 Å². The molecule has 0 saturated carbocycles. The van der Waals surface area contributed by atoms with E-state index >= 15 is 0 Å². The van der Waals surface area contributed by atoms with E-state index < -0.39 is 20.6 Å². The van der Waals surface area contributed by atoms with Crippen molar-refractivity contribution in [3.05, 3.63) is 33.9 Å². The highest BCUT2D eigenvalue weighted by atomic mass is 32.2. The van der Waals surface area contributed by atoms with E-state index in [1.165, 1.54) is 12.1 Å². The summed E-state index contributed by atoms with van der Waals surface area (Å²) in [5.74, 6) is 0. The number of nitrogens with two attached hydrogens (primary N) is 1. The molecule has 0 atom stereocenters. The van der Waals surface area contributed by atoms with Gasteiger partial charge in [-0.3, -0.25) is 10.1 Å². The minimum Gasteiger partial charge on any atom is -0.306 e. The van der Waals surface area contributed by atoms with Crippen molar-refractivity contribution in [1.82, 2.24) is 4.90 Å². The van der Waals surface area contributed by atoms with Crippen molar-refractivity contribution < 1.29 is 17.7 Å². The highest BCUT2D eigenvalue weighted by molar-refractivity contribution is 7.89. The van der Waals surface area contributed by atoms with Crippen molar-refractivity contribution in [1.29, 1.82) is 0 Å². The highest BCUT2D eigenvalue weighted by Crippen LogP contribution is 2.33. The number of rotatable bonds is 5. The third-order valence-electron chi connectivity index (χ3n) is 4.31. The number of aryl methyl sites for hydroxylation is 1. The minimum absolute atomic E-state index is 0.177. The summed E-state index contributed by atoms with van der Waals surface area (Å²) in [7, 11) is -2.09. The Balaban J connectivity index is 2.18. The SMILES string of the molecule is CN1CCC(F)(CCc2ccc(S(N)(=O)=O)cc2[N+](=O)[O-])CC1. The normalized spacial score (nSPS) is 18.7. The predicted octanol–water partition coefficient (Wildman–Crippen LogP) is 1.61. The number of alkyl halides is 1. The second-order valence-electron chi connectivity index (χ2n) is 6.05. The van der Waals surface area contributed by atoms with Gasteiger partial charge in [-0.05, 0) is 38.8 Å². The molecule has 1 aromatic carbocycles. The Kier molecular flexibility index (Phi) is 5.02. The molecule has 0 aromatic heterocycles. The fourth-order valence-corrected chi connectivity index (χ4v) is 3.26. The average Bonchev–Trinajstić information content (AvgIpc) is 2.47. The molecule has 1 aliphatic heterocycles. The van der Waals surface area contributed by atoms with E-state index in [1.54, 1.807) is 0 Å². The van der Waals surface area contributed by atoms with E-state index in [-0.39, 0.29) is 23.4 Å². The lowest BCUT2D eigenvalue weighted by atomic mass is 9.87. The molecule has 0 spiro atoms. The number of likely N-dealkylation sites (tertiary alicyclic amines) is 1. The minimum atomic E-state index is -4.01. The molecule has 128 valence electrons. The Morgan fingerprint density at radius 3 is 2.52 bits per heavy atom. The molecule has 7 nitrogen and oxygen atoms in total. The fraction of sp³-hybridized carbons (Fsp3) is 0.571. The Labute approximate surface area is 134 Å². The van der Waals surface area contributed by atoms with Crippen LogP contribution in [0.1, 0.15) is 24.8 Å². The number of nitro benzene ring substituents is 1. The van der Waals surface area contributed by atoms with Crippen LogP contribution in [-0.4, -0.2) is 44.0 Å². The molecule has 1 heterocycles. The van der Waals surface area contributed by atoms with E-state index in [2.05, 4.69) is 0 Å². The molecule has 0 aliphatic carbocycles. The Bertz CT molecular complexity index is 700. The third kappa shape index (κ3) is 4.46. The summed E-state index contributed by atoms with van der Waals surface area (Å²) in [6, 6.07) is 3.50. The third-order valence-corrected chi connectivity index (χ3v) is 5.22. The van der Waals surface area contributed by atoms with Gasteiger partial charge in [-0.15, -0.1) is 0 Å². The molecule has 23 heavy (non-hydrogen) atoms. The van der Waals surface area contributed by atoms with Crippen molar-refractivity contribution >= 4 is 15.7 Å². The molecule has 1 saturated heterocycles. The monoisotopic (exact) mass is 345 g/mol. The first-order valence-electron chi connectivity index (χ1n) is 7.28. The quantitative estimate of drug-likeness (QED) is 0.644. The van der Waals surface area contributed by atoms with E-state index in [0.717, 1.165) is 6.07 Å². The van der Waals surface area contributed by atoms with E-state index in [0.29, 0.717) is 31.5 Å². The summed E-state index contributed by atoms with van der Waals surface area (Å²) in [6.45, 7) is 1.31. The molecule has 1 fully saturated rings. The van der Waals surface area contributed by atoms with Crippen LogP contribution in [0, 0.1) is 10.1 Å². The van der Waals surface area contributed by atoms with Gasteiger partial charge in [0.2, 0.25) is 10.0 Å². The van der Waals surface area contributed by atoms with Gasteiger partial charge in [-0.1, -0.05) is 6.07 Å². The lowest BCUT2D eigenvalue weighted by Crippen LogP contribution is -2.40. The van der Waals surface area contributed by atoms with Gasteiger partial charge in [0, 0.05) is 24.7 Å². The molecule has 0 bridgehead atoms. The van der Waals surface area contributed by atoms with Crippen LogP contribution in [0.5, 0.6) is 0 Å². The van der Waals surface area contributed by atoms with Crippen molar-refractivity contribution in [2.75, 3.05) is 20.1 Å². The molecular formula is C14H20FN3O4S. The van der Waals surface area contributed by atoms with Gasteiger partial charge in [-0.25, -0.2) is 17.9 Å². The molecule has 0 unspecified atom stereocenters. The van der Waals surface area contributed by atoms with Gasteiger partial charge < -0.3 is 4.90 Å². The van der Waals surface area contributed by atoms with Gasteiger partial charge in [-0.2, -0.15) is 0 Å². The summed E-state index contributed by atoms with van der Waals surface area (Å²) < 4.78 is 37.3. The van der Waals surface area contributed by atoms with E-state index in [1.807, 2.05) is 11.9 Å². The zero-order valence-electron chi connectivity index (χ0n) is 12.9. The second-order valence-corrected chi connectivity index (χ2v) is 7.61.